The Balaban J connectivity index is 1.55. The van der Waals surface area contributed by atoms with E-state index in [4.69, 9.17) is 4.74 Å². The molecular weight excluding hydrogens is 328 g/mol. The number of ether oxygens (including phenoxy) is 1. The van der Waals surface area contributed by atoms with Crippen molar-refractivity contribution < 1.29 is 4.74 Å². The SMILES string of the molecule is COc1ccc(-c2ccc(-c3ccc(-c4ccc(C)cc4)cc3)cc2)cc1. The van der Waals surface area contributed by atoms with E-state index in [1.807, 2.05) is 12.1 Å². The summed E-state index contributed by atoms with van der Waals surface area (Å²) in [5.74, 6) is 0.879. The van der Waals surface area contributed by atoms with Gasteiger partial charge in [-0.3, -0.25) is 0 Å². The van der Waals surface area contributed by atoms with Crippen molar-refractivity contribution in [3.8, 4) is 39.1 Å². The molecular formula is C26H22O. The van der Waals surface area contributed by atoms with Gasteiger partial charge >= 0.3 is 0 Å². The molecule has 0 bridgehead atoms. The minimum atomic E-state index is 0.879. The Hall–Kier alpha value is -3.32. The van der Waals surface area contributed by atoms with Gasteiger partial charge in [0.2, 0.25) is 0 Å². The summed E-state index contributed by atoms with van der Waals surface area (Å²) in [6, 6.07) is 34.3. The molecule has 4 aromatic carbocycles. The largest absolute Gasteiger partial charge is 0.497 e. The Morgan fingerprint density at radius 2 is 0.667 bits per heavy atom. The monoisotopic (exact) mass is 350 g/mol. The summed E-state index contributed by atoms with van der Waals surface area (Å²) in [7, 11) is 1.69. The average molecular weight is 350 g/mol. The second-order valence-electron chi connectivity index (χ2n) is 6.75. The van der Waals surface area contributed by atoms with Crippen LogP contribution in [-0.4, -0.2) is 7.11 Å². The Labute approximate surface area is 160 Å². The molecule has 4 rings (SSSR count). The van der Waals surface area contributed by atoms with E-state index in [-0.39, 0.29) is 0 Å². The van der Waals surface area contributed by atoms with Crippen LogP contribution >= 0.6 is 0 Å². The summed E-state index contributed by atoms with van der Waals surface area (Å²) < 4.78 is 5.23. The zero-order chi connectivity index (χ0) is 18.6. The van der Waals surface area contributed by atoms with Crippen LogP contribution in [-0.2, 0) is 0 Å². The fourth-order valence-electron chi connectivity index (χ4n) is 3.24. The van der Waals surface area contributed by atoms with E-state index in [0.29, 0.717) is 0 Å². The first-order valence-corrected chi connectivity index (χ1v) is 9.15. The van der Waals surface area contributed by atoms with Gasteiger partial charge in [0.15, 0.2) is 0 Å². The minimum Gasteiger partial charge on any atom is -0.497 e. The van der Waals surface area contributed by atoms with Crippen molar-refractivity contribution in [3.05, 3.63) is 103 Å². The fraction of sp³-hybridized carbons (Fsp3) is 0.0769. The third-order valence-electron chi connectivity index (χ3n) is 4.91. The van der Waals surface area contributed by atoms with E-state index in [0.717, 1.165) is 5.75 Å². The molecule has 132 valence electrons. The van der Waals surface area contributed by atoms with E-state index in [2.05, 4.69) is 91.9 Å². The first-order chi connectivity index (χ1) is 13.2. The van der Waals surface area contributed by atoms with Crippen LogP contribution in [0.5, 0.6) is 5.75 Å². The van der Waals surface area contributed by atoms with Crippen LogP contribution < -0.4 is 4.74 Å². The molecule has 1 heteroatoms. The predicted octanol–water partition coefficient (Wildman–Crippen LogP) is 7.00. The Bertz CT molecular complexity index is 1010. The first-order valence-electron chi connectivity index (χ1n) is 9.15. The van der Waals surface area contributed by atoms with E-state index in [1.165, 1.54) is 38.9 Å². The van der Waals surface area contributed by atoms with Crippen LogP contribution in [0.25, 0.3) is 33.4 Å². The van der Waals surface area contributed by atoms with Crippen molar-refractivity contribution in [2.75, 3.05) is 7.11 Å². The first kappa shape index (κ1) is 17.1. The Morgan fingerprint density at radius 1 is 0.407 bits per heavy atom. The molecule has 0 aliphatic rings. The molecule has 0 saturated carbocycles. The standard InChI is InChI=1S/C26H22O/c1-19-3-5-20(6-4-19)21-7-9-22(10-8-21)23-11-13-24(14-12-23)25-15-17-26(27-2)18-16-25/h3-18H,1-2H3. The van der Waals surface area contributed by atoms with Crippen molar-refractivity contribution in [2.45, 2.75) is 6.92 Å². The molecule has 0 spiro atoms. The van der Waals surface area contributed by atoms with Crippen LogP contribution in [0.3, 0.4) is 0 Å². The number of methoxy groups -OCH3 is 1. The molecule has 0 fully saturated rings. The minimum absolute atomic E-state index is 0.879. The number of aryl methyl sites for hydroxylation is 1. The van der Waals surface area contributed by atoms with Crippen molar-refractivity contribution in [2.24, 2.45) is 0 Å². The predicted molar refractivity (Wildman–Crippen MR) is 114 cm³/mol. The van der Waals surface area contributed by atoms with E-state index in [9.17, 15) is 0 Å². The molecule has 0 atom stereocenters. The highest BCUT2D eigenvalue weighted by molar-refractivity contribution is 5.73. The van der Waals surface area contributed by atoms with Gasteiger partial charge in [-0.15, -0.1) is 0 Å². The maximum atomic E-state index is 5.23. The highest BCUT2D eigenvalue weighted by Gasteiger charge is 2.03. The van der Waals surface area contributed by atoms with Gasteiger partial charge in [0.1, 0.15) is 5.75 Å². The molecule has 4 aromatic rings. The molecule has 0 saturated heterocycles. The molecule has 1 nitrogen and oxygen atoms in total. The highest BCUT2D eigenvalue weighted by atomic mass is 16.5. The molecule has 0 heterocycles. The normalized spacial score (nSPS) is 10.6. The van der Waals surface area contributed by atoms with Crippen molar-refractivity contribution in [1.29, 1.82) is 0 Å². The Kier molecular flexibility index (Phi) is 4.76. The van der Waals surface area contributed by atoms with Crippen LogP contribution in [0.2, 0.25) is 0 Å². The molecule has 0 N–H and O–H groups in total. The quantitative estimate of drug-likeness (QED) is 0.385. The lowest BCUT2D eigenvalue weighted by Gasteiger charge is -2.08. The summed E-state index contributed by atoms with van der Waals surface area (Å²) in [5.41, 5.74) is 8.63. The van der Waals surface area contributed by atoms with Gasteiger partial charge in [-0.1, -0.05) is 90.5 Å². The van der Waals surface area contributed by atoms with Crippen LogP contribution in [0, 0.1) is 6.92 Å². The summed E-state index contributed by atoms with van der Waals surface area (Å²) in [5, 5.41) is 0. The van der Waals surface area contributed by atoms with Gasteiger partial charge in [0.05, 0.1) is 7.11 Å². The summed E-state index contributed by atoms with van der Waals surface area (Å²) in [6.07, 6.45) is 0. The van der Waals surface area contributed by atoms with Gasteiger partial charge in [0.25, 0.3) is 0 Å². The van der Waals surface area contributed by atoms with Gasteiger partial charge in [0, 0.05) is 0 Å². The molecule has 0 unspecified atom stereocenters. The van der Waals surface area contributed by atoms with Crippen LogP contribution in [0.4, 0.5) is 0 Å². The van der Waals surface area contributed by atoms with Gasteiger partial charge < -0.3 is 4.74 Å². The van der Waals surface area contributed by atoms with Crippen molar-refractivity contribution >= 4 is 0 Å². The molecule has 0 radical (unpaired) electrons. The van der Waals surface area contributed by atoms with Crippen molar-refractivity contribution in [1.82, 2.24) is 0 Å². The maximum Gasteiger partial charge on any atom is 0.118 e. The highest BCUT2D eigenvalue weighted by Crippen LogP contribution is 2.28. The summed E-state index contributed by atoms with van der Waals surface area (Å²) in [6.45, 7) is 2.11. The average Bonchev–Trinajstić information content (AvgIpc) is 2.75. The lowest BCUT2D eigenvalue weighted by atomic mass is 9.98. The van der Waals surface area contributed by atoms with Gasteiger partial charge in [-0.25, -0.2) is 0 Å². The number of benzene rings is 4. The lowest BCUT2D eigenvalue weighted by Crippen LogP contribution is -1.84. The van der Waals surface area contributed by atoms with Crippen LogP contribution in [0.15, 0.2) is 97.1 Å². The molecule has 0 aliphatic heterocycles. The smallest absolute Gasteiger partial charge is 0.118 e. The van der Waals surface area contributed by atoms with E-state index < -0.39 is 0 Å². The third kappa shape index (κ3) is 3.78. The molecule has 0 amide bonds. The maximum absolute atomic E-state index is 5.23. The van der Waals surface area contributed by atoms with Gasteiger partial charge in [-0.2, -0.15) is 0 Å². The summed E-state index contributed by atoms with van der Waals surface area (Å²) >= 11 is 0. The lowest BCUT2D eigenvalue weighted by molar-refractivity contribution is 0.415. The zero-order valence-corrected chi connectivity index (χ0v) is 15.6. The van der Waals surface area contributed by atoms with Crippen LogP contribution in [0.1, 0.15) is 5.56 Å². The van der Waals surface area contributed by atoms with Gasteiger partial charge in [-0.05, 0) is 52.4 Å². The third-order valence-corrected chi connectivity index (χ3v) is 4.91. The number of hydrogen-bond donors (Lipinski definition) is 0. The molecule has 0 aliphatic carbocycles. The van der Waals surface area contributed by atoms with Crippen molar-refractivity contribution in [3.63, 3.8) is 0 Å². The fourth-order valence-corrected chi connectivity index (χ4v) is 3.24. The molecule has 27 heavy (non-hydrogen) atoms. The topological polar surface area (TPSA) is 9.23 Å². The zero-order valence-electron chi connectivity index (χ0n) is 15.6. The second-order valence-corrected chi connectivity index (χ2v) is 6.75. The van der Waals surface area contributed by atoms with E-state index >= 15 is 0 Å². The van der Waals surface area contributed by atoms with E-state index in [1.54, 1.807) is 7.11 Å². The summed E-state index contributed by atoms with van der Waals surface area (Å²) in [4.78, 5) is 0. The number of hydrogen-bond acceptors (Lipinski definition) is 1. The second kappa shape index (κ2) is 7.51. The Morgan fingerprint density at radius 3 is 0.963 bits per heavy atom. The molecule has 0 aromatic heterocycles. The number of rotatable bonds is 4.